The zero-order valence-electron chi connectivity index (χ0n) is 9.48. The molecule has 0 N–H and O–H groups in total. The van der Waals surface area contributed by atoms with Gasteiger partial charge in [-0.15, -0.1) is 0 Å². The Labute approximate surface area is 104 Å². The van der Waals surface area contributed by atoms with Gasteiger partial charge in [-0.3, -0.25) is 9.48 Å². The number of nitrogens with zero attached hydrogens (tertiary/aromatic N) is 2. The summed E-state index contributed by atoms with van der Waals surface area (Å²) in [6.45, 7) is 0. The molecule has 0 radical (unpaired) electrons. The van der Waals surface area contributed by atoms with Crippen molar-refractivity contribution in [1.29, 1.82) is 0 Å². The molecule has 0 unspecified atom stereocenters. The van der Waals surface area contributed by atoms with Gasteiger partial charge in [-0.05, 0) is 12.1 Å². The van der Waals surface area contributed by atoms with Crippen molar-refractivity contribution in [3.63, 3.8) is 0 Å². The number of rotatable bonds is 3. The molecule has 0 aliphatic heterocycles. The summed E-state index contributed by atoms with van der Waals surface area (Å²) in [5.74, 6) is 0.709. The predicted octanol–water partition coefficient (Wildman–Crippen LogP) is 2.56. The molecule has 4 nitrogen and oxygen atoms in total. The van der Waals surface area contributed by atoms with Crippen molar-refractivity contribution in [1.82, 2.24) is 9.78 Å². The number of carbonyl (C=O) groups excluding carboxylic acids is 1. The van der Waals surface area contributed by atoms with E-state index in [0.29, 0.717) is 28.4 Å². The lowest BCUT2D eigenvalue weighted by Gasteiger charge is -2.02. The molecule has 1 heterocycles. The first-order valence-corrected chi connectivity index (χ1v) is 5.37. The number of hydrogen-bond acceptors (Lipinski definition) is 3. The maximum atomic E-state index is 11.0. The van der Waals surface area contributed by atoms with E-state index in [9.17, 15) is 4.79 Å². The van der Waals surface area contributed by atoms with Gasteiger partial charge in [0, 0.05) is 12.6 Å². The summed E-state index contributed by atoms with van der Waals surface area (Å²) in [6.07, 6.45) is 0.712. The molecule has 0 saturated carbocycles. The Bertz CT molecular complexity index is 564. The number of aryl methyl sites for hydroxylation is 1. The molecule has 0 saturated heterocycles. The Morgan fingerprint density at radius 1 is 1.47 bits per heavy atom. The highest BCUT2D eigenvalue weighted by Gasteiger charge is 2.15. The number of aldehydes is 1. The zero-order valence-corrected chi connectivity index (χ0v) is 10.2. The lowest BCUT2D eigenvalue weighted by Crippen LogP contribution is -1.90. The highest BCUT2D eigenvalue weighted by atomic mass is 35.5. The van der Waals surface area contributed by atoms with E-state index in [0.717, 1.165) is 5.56 Å². The van der Waals surface area contributed by atoms with Gasteiger partial charge in [-0.25, -0.2) is 0 Å². The van der Waals surface area contributed by atoms with Crippen molar-refractivity contribution >= 4 is 17.9 Å². The van der Waals surface area contributed by atoms with Crippen LogP contribution in [0.5, 0.6) is 5.75 Å². The van der Waals surface area contributed by atoms with Crippen molar-refractivity contribution in [3.05, 3.63) is 35.0 Å². The summed E-state index contributed by atoms with van der Waals surface area (Å²) in [4.78, 5) is 11.0. The third-order valence-corrected chi connectivity index (χ3v) is 2.92. The molecule has 0 aliphatic rings. The SMILES string of the molecule is COc1cccc(-c2nn(C)c(Cl)c2C=O)c1. The van der Waals surface area contributed by atoms with E-state index in [1.165, 1.54) is 4.68 Å². The van der Waals surface area contributed by atoms with Crippen molar-refractivity contribution in [2.45, 2.75) is 0 Å². The average molecular weight is 251 g/mol. The smallest absolute Gasteiger partial charge is 0.155 e. The first-order chi connectivity index (χ1) is 8.17. The summed E-state index contributed by atoms with van der Waals surface area (Å²) in [7, 11) is 3.28. The van der Waals surface area contributed by atoms with Crippen LogP contribution in [-0.2, 0) is 7.05 Å². The van der Waals surface area contributed by atoms with Crippen LogP contribution in [0.1, 0.15) is 10.4 Å². The number of benzene rings is 1. The highest BCUT2D eigenvalue weighted by molar-refractivity contribution is 6.32. The van der Waals surface area contributed by atoms with Gasteiger partial charge >= 0.3 is 0 Å². The predicted molar refractivity (Wildman–Crippen MR) is 65.6 cm³/mol. The molecule has 0 spiro atoms. The molecule has 17 heavy (non-hydrogen) atoms. The third-order valence-electron chi connectivity index (χ3n) is 2.47. The number of carbonyl (C=O) groups is 1. The fourth-order valence-corrected chi connectivity index (χ4v) is 1.78. The second kappa shape index (κ2) is 4.59. The van der Waals surface area contributed by atoms with E-state index in [4.69, 9.17) is 16.3 Å². The first kappa shape index (κ1) is 11.7. The second-order valence-electron chi connectivity index (χ2n) is 3.53. The third kappa shape index (κ3) is 2.03. The minimum atomic E-state index is 0.331. The largest absolute Gasteiger partial charge is 0.497 e. The standard InChI is InChI=1S/C12H11ClN2O2/c1-15-12(13)10(7-16)11(14-15)8-4-3-5-9(6-8)17-2/h3-7H,1-2H3. The molecule has 0 aliphatic carbocycles. The van der Waals surface area contributed by atoms with Gasteiger partial charge in [0.05, 0.1) is 12.7 Å². The summed E-state index contributed by atoms with van der Waals surface area (Å²) in [5, 5.41) is 4.56. The van der Waals surface area contributed by atoms with Crippen LogP contribution in [-0.4, -0.2) is 23.2 Å². The van der Waals surface area contributed by atoms with Crippen LogP contribution in [0.15, 0.2) is 24.3 Å². The maximum absolute atomic E-state index is 11.0. The van der Waals surface area contributed by atoms with Crippen molar-refractivity contribution in [2.24, 2.45) is 7.05 Å². The Kier molecular flexibility index (Phi) is 3.15. The van der Waals surface area contributed by atoms with Crippen molar-refractivity contribution in [2.75, 3.05) is 7.11 Å². The Morgan fingerprint density at radius 2 is 2.24 bits per heavy atom. The molecular formula is C12H11ClN2O2. The van der Waals surface area contributed by atoms with Gasteiger partial charge < -0.3 is 4.74 Å². The molecule has 1 aromatic carbocycles. The van der Waals surface area contributed by atoms with Gasteiger partial charge in [0.25, 0.3) is 0 Å². The minimum absolute atomic E-state index is 0.331. The number of methoxy groups -OCH3 is 1. The number of halogens is 1. The molecule has 2 rings (SSSR count). The molecule has 0 amide bonds. The van der Waals surface area contributed by atoms with E-state index in [2.05, 4.69) is 5.10 Å². The van der Waals surface area contributed by atoms with Crippen LogP contribution >= 0.6 is 11.6 Å². The van der Waals surface area contributed by atoms with E-state index < -0.39 is 0 Å². The minimum Gasteiger partial charge on any atom is -0.497 e. The van der Waals surface area contributed by atoms with Gasteiger partial charge in [0.2, 0.25) is 0 Å². The Balaban J connectivity index is 2.59. The van der Waals surface area contributed by atoms with Crippen LogP contribution in [0, 0.1) is 0 Å². The lowest BCUT2D eigenvalue weighted by molar-refractivity contribution is 0.112. The van der Waals surface area contributed by atoms with Crippen LogP contribution < -0.4 is 4.74 Å². The molecule has 0 fully saturated rings. The topological polar surface area (TPSA) is 44.1 Å². The number of ether oxygens (including phenoxy) is 1. The van der Waals surface area contributed by atoms with Crippen LogP contribution in [0.3, 0.4) is 0 Å². The monoisotopic (exact) mass is 250 g/mol. The van der Waals surface area contributed by atoms with Crippen molar-refractivity contribution < 1.29 is 9.53 Å². The quantitative estimate of drug-likeness (QED) is 0.787. The zero-order chi connectivity index (χ0) is 12.4. The number of aromatic nitrogens is 2. The summed E-state index contributed by atoms with van der Waals surface area (Å²) in [6, 6.07) is 7.33. The van der Waals surface area contributed by atoms with Gasteiger partial charge in [0.1, 0.15) is 16.6 Å². The van der Waals surface area contributed by atoms with Gasteiger partial charge in [-0.2, -0.15) is 5.10 Å². The second-order valence-corrected chi connectivity index (χ2v) is 3.88. The molecular weight excluding hydrogens is 240 g/mol. The Morgan fingerprint density at radius 3 is 2.88 bits per heavy atom. The van der Waals surface area contributed by atoms with Crippen molar-refractivity contribution in [3.8, 4) is 17.0 Å². The lowest BCUT2D eigenvalue weighted by atomic mass is 10.1. The van der Waals surface area contributed by atoms with E-state index in [1.807, 2.05) is 24.3 Å². The molecule has 1 aromatic heterocycles. The first-order valence-electron chi connectivity index (χ1n) is 4.99. The van der Waals surface area contributed by atoms with Gasteiger partial charge in [-0.1, -0.05) is 23.7 Å². The summed E-state index contributed by atoms with van der Waals surface area (Å²) in [5.41, 5.74) is 1.75. The number of hydrogen-bond donors (Lipinski definition) is 0. The Hall–Kier alpha value is -1.81. The van der Waals surface area contributed by atoms with E-state index >= 15 is 0 Å². The summed E-state index contributed by atoms with van der Waals surface area (Å²) < 4.78 is 6.60. The van der Waals surface area contributed by atoms with E-state index in [-0.39, 0.29) is 0 Å². The highest BCUT2D eigenvalue weighted by Crippen LogP contribution is 2.28. The normalized spacial score (nSPS) is 10.3. The molecule has 88 valence electrons. The molecule has 0 atom stereocenters. The molecule has 0 bridgehead atoms. The van der Waals surface area contributed by atoms with Gasteiger partial charge in [0.15, 0.2) is 6.29 Å². The van der Waals surface area contributed by atoms with Crippen LogP contribution in [0.4, 0.5) is 0 Å². The maximum Gasteiger partial charge on any atom is 0.155 e. The van der Waals surface area contributed by atoms with E-state index in [1.54, 1.807) is 14.2 Å². The average Bonchev–Trinajstić information content (AvgIpc) is 2.65. The van der Waals surface area contributed by atoms with Crippen LogP contribution in [0.2, 0.25) is 5.15 Å². The fourth-order valence-electron chi connectivity index (χ4n) is 1.61. The molecule has 2 aromatic rings. The van der Waals surface area contributed by atoms with Crippen LogP contribution in [0.25, 0.3) is 11.3 Å². The fraction of sp³-hybridized carbons (Fsp3) is 0.167. The molecule has 5 heteroatoms. The summed E-state index contributed by atoms with van der Waals surface area (Å²) >= 11 is 5.98.